The van der Waals surface area contributed by atoms with Crippen molar-refractivity contribution >= 4 is 22.0 Å². The van der Waals surface area contributed by atoms with E-state index in [2.05, 4.69) is 35.0 Å². The number of unbranched alkanes of at least 4 members (excludes halogenated alkanes) is 6. The number of hydrogen-bond acceptors (Lipinski definition) is 1. The van der Waals surface area contributed by atoms with Crippen LogP contribution in [0.2, 0.25) is 19.1 Å². The van der Waals surface area contributed by atoms with Crippen LogP contribution in [0.15, 0.2) is 12.2 Å². The van der Waals surface area contributed by atoms with E-state index in [0.717, 1.165) is 18.8 Å². The number of ether oxygens (including phenoxy) is 1. The first kappa shape index (κ1) is 18.4. The Labute approximate surface area is 123 Å². The van der Waals surface area contributed by atoms with E-state index < -0.39 is 6.69 Å². The highest BCUT2D eigenvalue weighted by molar-refractivity contribution is 9.26. The third kappa shape index (κ3) is 16.4. The first-order valence-corrected chi connectivity index (χ1v) is 12.8. The van der Waals surface area contributed by atoms with Crippen LogP contribution < -0.4 is 0 Å². The summed E-state index contributed by atoms with van der Waals surface area (Å²) in [4.78, 5) is 0. The molecule has 0 heterocycles. The molecule has 0 fully saturated rings. The lowest BCUT2D eigenvalue weighted by molar-refractivity contribution is 0.151. The van der Waals surface area contributed by atoms with Gasteiger partial charge >= 0.3 is 0 Å². The molecule has 0 rings (SSSR count). The molecule has 0 radical (unpaired) electrons. The van der Waals surface area contributed by atoms with E-state index in [4.69, 9.17) is 4.74 Å². The van der Waals surface area contributed by atoms with Crippen LogP contribution in [-0.4, -0.2) is 19.9 Å². The number of halogens is 1. The summed E-state index contributed by atoms with van der Waals surface area (Å²) < 4.78 is 5.48. The van der Waals surface area contributed by atoms with Crippen molar-refractivity contribution in [2.24, 2.45) is 0 Å². The van der Waals surface area contributed by atoms with E-state index in [1.54, 1.807) is 0 Å². The van der Waals surface area contributed by atoms with Gasteiger partial charge in [-0.2, -0.15) is 0 Å². The first-order valence-electron chi connectivity index (χ1n) is 7.33. The maximum atomic E-state index is 5.48. The SMILES string of the molecule is C=C(C)COCCCCCCCCC[Si](C)(C)Br. The zero-order valence-corrected chi connectivity index (χ0v) is 15.2. The van der Waals surface area contributed by atoms with Crippen LogP contribution in [0.4, 0.5) is 0 Å². The Hall–Kier alpha value is 0.397. The van der Waals surface area contributed by atoms with Crippen molar-refractivity contribution in [1.29, 1.82) is 0 Å². The lowest BCUT2D eigenvalue weighted by atomic mass is 10.1. The largest absolute Gasteiger partial charge is 0.377 e. The molecule has 0 aliphatic carbocycles. The second-order valence-corrected chi connectivity index (χ2v) is 16.3. The Bertz CT molecular complexity index is 211. The van der Waals surface area contributed by atoms with Gasteiger partial charge in [0.05, 0.1) is 6.61 Å². The highest BCUT2D eigenvalue weighted by Crippen LogP contribution is 2.21. The molecule has 0 amide bonds. The third-order valence-corrected chi connectivity index (χ3v) is 5.64. The summed E-state index contributed by atoms with van der Waals surface area (Å²) >= 11 is 3.83. The summed E-state index contributed by atoms with van der Waals surface area (Å²) in [6.07, 6.45) is 9.50. The zero-order chi connectivity index (χ0) is 13.9. The van der Waals surface area contributed by atoms with Gasteiger partial charge in [0, 0.05) is 6.61 Å². The van der Waals surface area contributed by atoms with E-state index in [-0.39, 0.29) is 0 Å². The minimum atomic E-state index is -0.968. The fourth-order valence-corrected chi connectivity index (χ4v) is 3.81. The van der Waals surface area contributed by atoms with Crippen LogP contribution in [0.3, 0.4) is 0 Å². The maximum absolute atomic E-state index is 5.48. The van der Waals surface area contributed by atoms with Gasteiger partial charge in [0.2, 0.25) is 0 Å². The number of hydrogen-bond donors (Lipinski definition) is 0. The van der Waals surface area contributed by atoms with Crippen LogP contribution in [0.5, 0.6) is 0 Å². The maximum Gasteiger partial charge on any atom is 0.124 e. The number of rotatable bonds is 12. The molecule has 0 bridgehead atoms. The fourth-order valence-electron chi connectivity index (χ4n) is 1.88. The summed E-state index contributed by atoms with van der Waals surface area (Å²) in [5.74, 6) is 0. The Balaban J connectivity index is 3.06. The average Bonchev–Trinajstić information content (AvgIpc) is 2.24. The first-order chi connectivity index (χ1) is 8.42. The Morgan fingerprint density at radius 3 is 2.00 bits per heavy atom. The minimum Gasteiger partial charge on any atom is -0.377 e. The van der Waals surface area contributed by atoms with Gasteiger partial charge in [-0.05, 0) is 19.4 Å². The smallest absolute Gasteiger partial charge is 0.124 e. The zero-order valence-electron chi connectivity index (χ0n) is 12.6. The normalized spacial score (nSPS) is 11.8. The lowest BCUT2D eigenvalue weighted by Gasteiger charge is -2.12. The third-order valence-electron chi connectivity index (χ3n) is 2.91. The highest BCUT2D eigenvalue weighted by atomic mass is 79.9. The average molecular weight is 335 g/mol. The van der Waals surface area contributed by atoms with Crippen molar-refractivity contribution in [3.63, 3.8) is 0 Å². The fraction of sp³-hybridized carbons (Fsp3) is 0.867. The second-order valence-electron chi connectivity index (χ2n) is 5.95. The van der Waals surface area contributed by atoms with Crippen LogP contribution in [-0.2, 0) is 4.74 Å². The molecule has 0 saturated carbocycles. The molecular weight excluding hydrogens is 304 g/mol. The van der Waals surface area contributed by atoms with Crippen LogP contribution >= 0.6 is 15.3 Å². The van der Waals surface area contributed by atoms with Crippen molar-refractivity contribution in [3.05, 3.63) is 12.2 Å². The molecule has 0 aliphatic rings. The van der Waals surface area contributed by atoms with Crippen molar-refractivity contribution in [1.82, 2.24) is 0 Å². The monoisotopic (exact) mass is 334 g/mol. The van der Waals surface area contributed by atoms with E-state index in [1.165, 1.54) is 51.0 Å². The van der Waals surface area contributed by atoms with Crippen LogP contribution in [0, 0.1) is 0 Å². The molecule has 0 aromatic rings. The summed E-state index contributed by atoms with van der Waals surface area (Å²) in [6, 6.07) is 1.42. The summed E-state index contributed by atoms with van der Waals surface area (Å²) in [5.41, 5.74) is 1.12. The van der Waals surface area contributed by atoms with Gasteiger partial charge in [0.25, 0.3) is 0 Å². The topological polar surface area (TPSA) is 9.23 Å². The van der Waals surface area contributed by atoms with Crippen LogP contribution in [0.1, 0.15) is 51.9 Å². The molecule has 0 aromatic carbocycles. The highest BCUT2D eigenvalue weighted by Gasteiger charge is 2.14. The molecule has 0 atom stereocenters. The summed E-state index contributed by atoms with van der Waals surface area (Å²) in [7, 11) is 0. The van der Waals surface area contributed by atoms with E-state index in [9.17, 15) is 0 Å². The second kappa shape index (κ2) is 11.2. The Morgan fingerprint density at radius 2 is 1.50 bits per heavy atom. The summed E-state index contributed by atoms with van der Waals surface area (Å²) in [5, 5.41) is 0. The van der Waals surface area contributed by atoms with Crippen molar-refractivity contribution < 1.29 is 4.74 Å². The minimum absolute atomic E-state index is 0.728. The molecule has 0 saturated heterocycles. The van der Waals surface area contributed by atoms with Gasteiger partial charge in [-0.25, -0.2) is 0 Å². The molecular formula is C15H31BrOSi. The van der Waals surface area contributed by atoms with Gasteiger partial charge in [-0.1, -0.05) is 63.8 Å². The van der Waals surface area contributed by atoms with Gasteiger partial charge in [0.15, 0.2) is 0 Å². The molecule has 1 nitrogen and oxygen atoms in total. The van der Waals surface area contributed by atoms with Gasteiger partial charge in [-0.15, -0.1) is 15.3 Å². The molecule has 108 valence electrons. The van der Waals surface area contributed by atoms with Gasteiger partial charge in [-0.3, -0.25) is 0 Å². The van der Waals surface area contributed by atoms with Gasteiger partial charge < -0.3 is 4.74 Å². The molecule has 0 unspecified atom stereocenters. The quantitative estimate of drug-likeness (QED) is 0.186. The summed E-state index contributed by atoms with van der Waals surface area (Å²) in [6.45, 7) is 11.3. The molecule has 0 spiro atoms. The predicted octanol–water partition coefficient (Wildman–Crippen LogP) is 5.91. The van der Waals surface area contributed by atoms with Crippen molar-refractivity contribution in [3.8, 4) is 0 Å². The Kier molecular flexibility index (Phi) is 11.5. The van der Waals surface area contributed by atoms with E-state index >= 15 is 0 Å². The van der Waals surface area contributed by atoms with Crippen LogP contribution in [0.25, 0.3) is 0 Å². The van der Waals surface area contributed by atoms with Gasteiger partial charge in [0.1, 0.15) is 6.69 Å². The van der Waals surface area contributed by atoms with E-state index in [1.807, 2.05) is 6.92 Å². The molecule has 3 heteroatoms. The standard InChI is InChI=1S/C15H31BrOSi/c1-15(2)14-17-12-10-8-6-5-7-9-11-13-18(3,4)16/h1,5-14H2,2-4H3. The molecule has 18 heavy (non-hydrogen) atoms. The molecule has 0 N–H and O–H groups in total. The van der Waals surface area contributed by atoms with Crippen molar-refractivity contribution in [2.45, 2.75) is 71.0 Å². The van der Waals surface area contributed by atoms with Crippen molar-refractivity contribution in [2.75, 3.05) is 13.2 Å². The predicted molar refractivity (Wildman–Crippen MR) is 89.2 cm³/mol. The Morgan fingerprint density at radius 1 is 1.00 bits per heavy atom. The van der Waals surface area contributed by atoms with E-state index in [0.29, 0.717) is 0 Å². The molecule has 0 aliphatic heterocycles. The lowest BCUT2D eigenvalue weighted by Crippen LogP contribution is -2.13. The molecule has 0 aromatic heterocycles.